The van der Waals surface area contributed by atoms with E-state index in [4.69, 9.17) is 18.5 Å². The summed E-state index contributed by atoms with van der Waals surface area (Å²) in [4.78, 5) is 12.7. The fourth-order valence-electron chi connectivity index (χ4n) is 5.30. The number of nitrogens with zero attached hydrogens (tertiary/aromatic N) is 2. The van der Waals surface area contributed by atoms with Crippen LogP contribution in [0.2, 0.25) is 0 Å². The van der Waals surface area contributed by atoms with Crippen molar-refractivity contribution in [2.24, 2.45) is 0 Å². The minimum Gasteiger partial charge on any atom is -0.493 e. The maximum absolute atomic E-state index is 13.7. The van der Waals surface area contributed by atoms with Crippen LogP contribution in [0.1, 0.15) is 24.0 Å². The first-order chi connectivity index (χ1) is 17.8. The van der Waals surface area contributed by atoms with Crippen LogP contribution in [0.3, 0.4) is 0 Å². The molecule has 2 heterocycles. The summed E-state index contributed by atoms with van der Waals surface area (Å²) in [5, 5.41) is 20.3. The van der Waals surface area contributed by atoms with Crippen LogP contribution >= 0.6 is 18.2 Å². The molecule has 0 bridgehead atoms. The van der Waals surface area contributed by atoms with Crippen molar-refractivity contribution in [1.29, 1.82) is 0 Å². The summed E-state index contributed by atoms with van der Waals surface area (Å²) < 4.78 is 37.6. The molecular weight excluding hydrogens is 519 g/mol. The molecule has 2 unspecified atom stereocenters. The molecule has 1 spiro atoms. The molecule has 12 heteroatoms. The summed E-state index contributed by atoms with van der Waals surface area (Å²) in [5.41, 5.74) is 1.91. The zero-order chi connectivity index (χ0) is 26.2. The minimum atomic E-state index is -3.79. The molecule has 5 rings (SSSR count). The summed E-state index contributed by atoms with van der Waals surface area (Å²) in [6.07, 6.45) is 4.55. The first-order valence-corrected chi connectivity index (χ1v) is 15.1. The van der Waals surface area contributed by atoms with Crippen molar-refractivity contribution >= 4 is 23.9 Å². The number of hydrogen-bond acceptors (Lipinski definition) is 10. The number of hydrogen-bond donors (Lipinski definition) is 1. The molecule has 2 aliphatic heterocycles. The number of rotatable bonds is 9. The first-order valence-electron chi connectivity index (χ1n) is 12.0. The van der Waals surface area contributed by atoms with Crippen molar-refractivity contribution < 1.29 is 33.1 Å². The average Bonchev–Trinajstić information content (AvgIpc) is 3.14. The lowest BCUT2D eigenvalue weighted by Gasteiger charge is -2.37. The van der Waals surface area contributed by atoms with Crippen LogP contribution < -0.4 is 14.0 Å². The number of aliphatic hydroxyl groups excluding tert-OH is 1. The number of aliphatic hydroxyl groups is 1. The lowest BCUT2D eigenvalue weighted by atomic mass is 9.69. The Balaban J connectivity index is 1.41. The van der Waals surface area contributed by atoms with Crippen LogP contribution in [0.4, 0.5) is 5.69 Å². The molecule has 10 nitrogen and oxygen atoms in total. The van der Waals surface area contributed by atoms with Gasteiger partial charge in [-0.25, -0.2) is 4.57 Å². The highest BCUT2D eigenvalue weighted by atomic mass is 32.7. The van der Waals surface area contributed by atoms with Crippen LogP contribution in [0.5, 0.6) is 17.2 Å². The molecule has 1 N–H and O–H groups in total. The van der Waals surface area contributed by atoms with E-state index in [1.165, 1.54) is 29.8 Å². The van der Waals surface area contributed by atoms with E-state index in [9.17, 15) is 19.8 Å². The van der Waals surface area contributed by atoms with Crippen molar-refractivity contribution in [2.75, 3.05) is 33.1 Å². The van der Waals surface area contributed by atoms with Crippen molar-refractivity contribution in [2.45, 2.75) is 37.0 Å². The number of benzene rings is 2. The summed E-state index contributed by atoms with van der Waals surface area (Å²) in [6.45, 7) is -2.29. The van der Waals surface area contributed by atoms with Crippen LogP contribution in [0, 0.1) is 10.1 Å². The predicted molar refractivity (Wildman–Crippen MR) is 140 cm³/mol. The Morgan fingerprint density at radius 3 is 2.78 bits per heavy atom. The third-order valence-electron chi connectivity index (χ3n) is 7.00. The largest absolute Gasteiger partial charge is 0.493 e. The second kappa shape index (κ2) is 10.3. The zero-order valence-electron chi connectivity index (χ0n) is 20.6. The van der Waals surface area contributed by atoms with E-state index in [0.29, 0.717) is 12.2 Å². The Bertz CT molecular complexity index is 1260. The van der Waals surface area contributed by atoms with Gasteiger partial charge in [0, 0.05) is 36.4 Å². The second-order valence-electron chi connectivity index (χ2n) is 9.35. The van der Waals surface area contributed by atoms with E-state index in [1.807, 2.05) is 12.1 Å². The van der Waals surface area contributed by atoms with E-state index in [1.54, 1.807) is 7.11 Å². The minimum absolute atomic E-state index is 0.103. The Kier molecular flexibility index (Phi) is 7.26. The summed E-state index contributed by atoms with van der Waals surface area (Å²) >= 11 is 0.889. The van der Waals surface area contributed by atoms with Gasteiger partial charge >= 0.3 is 6.80 Å². The van der Waals surface area contributed by atoms with E-state index in [2.05, 4.69) is 24.1 Å². The number of non-ortho nitro benzene ring substituents is 1. The Morgan fingerprint density at radius 2 is 2.08 bits per heavy atom. The topological polar surface area (TPSA) is 121 Å². The average molecular weight is 549 g/mol. The van der Waals surface area contributed by atoms with Gasteiger partial charge < -0.3 is 24.0 Å². The normalized spacial score (nSPS) is 25.8. The van der Waals surface area contributed by atoms with Gasteiger partial charge in [-0.3, -0.25) is 14.6 Å². The van der Waals surface area contributed by atoms with Crippen molar-refractivity contribution in [3.05, 3.63) is 69.8 Å². The lowest BCUT2D eigenvalue weighted by Crippen LogP contribution is -2.43. The molecule has 0 saturated carbocycles. The zero-order valence-corrected chi connectivity index (χ0v) is 22.3. The molecule has 1 aliphatic carbocycles. The SMILES string of the molecule is COc1ccc2c3c1O[C@@H]1CC(OP(=O)(Oc4ccc([N+](=O)[O-])cc4)SCCO)C=C[C@]31CCN(C)C2. The third kappa shape index (κ3) is 4.98. The van der Waals surface area contributed by atoms with Crippen LogP contribution in [0.15, 0.2) is 48.6 Å². The highest BCUT2D eigenvalue weighted by Gasteiger charge is 2.53. The van der Waals surface area contributed by atoms with Crippen molar-refractivity contribution in [3.63, 3.8) is 0 Å². The number of ether oxygens (including phenoxy) is 2. The van der Waals surface area contributed by atoms with Gasteiger partial charge in [0.25, 0.3) is 5.69 Å². The summed E-state index contributed by atoms with van der Waals surface area (Å²) in [6, 6.07) is 9.35. The van der Waals surface area contributed by atoms with E-state index in [-0.39, 0.29) is 35.3 Å². The van der Waals surface area contributed by atoms with Gasteiger partial charge in [-0.15, -0.1) is 0 Å². The van der Waals surface area contributed by atoms with Crippen molar-refractivity contribution in [3.8, 4) is 17.2 Å². The fraction of sp³-hybridized carbons (Fsp3) is 0.440. The third-order valence-corrected chi connectivity index (χ3v) is 10.6. The van der Waals surface area contributed by atoms with Crippen LogP contribution in [-0.2, 0) is 21.0 Å². The molecule has 0 fully saturated rings. The molecule has 2 aromatic rings. The molecule has 0 amide bonds. The second-order valence-corrected chi connectivity index (χ2v) is 13.4. The molecule has 198 valence electrons. The Labute approximate surface area is 219 Å². The fourth-order valence-corrected chi connectivity index (χ4v) is 8.47. The van der Waals surface area contributed by atoms with Gasteiger partial charge in [0.05, 0.1) is 30.2 Å². The van der Waals surface area contributed by atoms with Gasteiger partial charge in [0.15, 0.2) is 11.5 Å². The molecule has 0 aromatic heterocycles. The molecule has 4 atom stereocenters. The predicted octanol–water partition coefficient (Wildman–Crippen LogP) is 4.70. The highest BCUT2D eigenvalue weighted by Crippen LogP contribution is 2.63. The first kappa shape index (κ1) is 26.1. The standard InChI is InChI=1S/C25H29N2O8PS/c1-26-12-11-25-10-9-20(15-22(25)33-24-21(32-2)8-3-17(16-26)23(24)25)35-36(31,37-14-13-28)34-19-6-4-18(5-7-19)27(29)30/h3-10,20,22,28H,11-16H2,1-2H3/t20?,22-,25-,36?/m1/s1. The molecule has 3 aliphatic rings. The summed E-state index contributed by atoms with van der Waals surface area (Å²) in [7, 11) is 3.73. The van der Waals surface area contributed by atoms with Crippen LogP contribution in [0.25, 0.3) is 0 Å². The van der Waals surface area contributed by atoms with E-state index >= 15 is 0 Å². The molecule has 2 aromatic carbocycles. The number of nitro benzene ring substituents is 1. The van der Waals surface area contributed by atoms with Gasteiger partial charge in [0.1, 0.15) is 11.9 Å². The molecular formula is C25H29N2O8PS. The van der Waals surface area contributed by atoms with Crippen molar-refractivity contribution in [1.82, 2.24) is 4.90 Å². The molecule has 0 saturated heterocycles. The van der Waals surface area contributed by atoms with Gasteiger partial charge in [-0.1, -0.05) is 18.2 Å². The maximum atomic E-state index is 13.7. The highest BCUT2D eigenvalue weighted by molar-refractivity contribution is 8.55. The smallest absolute Gasteiger partial charge is 0.440 e. The lowest BCUT2D eigenvalue weighted by molar-refractivity contribution is -0.384. The summed E-state index contributed by atoms with van der Waals surface area (Å²) in [5.74, 6) is 1.77. The van der Waals surface area contributed by atoms with Crippen LogP contribution in [-0.4, -0.2) is 60.2 Å². The van der Waals surface area contributed by atoms with Gasteiger partial charge in [-0.2, -0.15) is 0 Å². The van der Waals surface area contributed by atoms with E-state index < -0.39 is 17.8 Å². The quantitative estimate of drug-likeness (QED) is 0.204. The number of nitro groups is 1. The molecule has 37 heavy (non-hydrogen) atoms. The van der Waals surface area contributed by atoms with E-state index in [0.717, 1.165) is 42.2 Å². The maximum Gasteiger partial charge on any atom is 0.440 e. The Hall–Kier alpha value is -2.56. The monoisotopic (exact) mass is 548 g/mol. The Morgan fingerprint density at radius 1 is 1.30 bits per heavy atom. The van der Waals surface area contributed by atoms with Gasteiger partial charge in [-0.05, 0) is 55.2 Å². The molecule has 0 radical (unpaired) electrons. The number of methoxy groups -OCH3 is 1. The van der Waals surface area contributed by atoms with Gasteiger partial charge in [0.2, 0.25) is 0 Å².